The maximum Gasteiger partial charge on any atom is 0.272 e. The molecule has 2 aromatic heterocycles. The molecule has 0 radical (unpaired) electrons. The Bertz CT molecular complexity index is 678. The molecule has 7 heteroatoms. The van der Waals surface area contributed by atoms with Crippen LogP contribution in [0.1, 0.15) is 61.0 Å². The van der Waals surface area contributed by atoms with Gasteiger partial charge in [0.25, 0.3) is 5.91 Å². The zero-order valence-corrected chi connectivity index (χ0v) is 14.3. The Morgan fingerprint density at radius 1 is 1.50 bits per heavy atom. The minimum Gasteiger partial charge on any atom is -0.371 e. The fourth-order valence-electron chi connectivity index (χ4n) is 3.07. The summed E-state index contributed by atoms with van der Waals surface area (Å²) in [6.07, 6.45) is 7.40. The van der Waals surface area contributed by atoms with Crippen molar-refractivity contribution in [1.29, 1.82) is 0 Å². The maximum absolute atomic E-state index is 12.5. The number of aromatic amines is 1. The van der Waals surface area contributed by atoms with Crippen molar-refractivity contribution in [3.63, 3.8) is 0 Å². The molecule has 2 N–H and O–H groups in total. The molecule has 1 amide bonds. The molecule has 0 unspecified atom stereocenters. The summed E-state index contributed by atoms with van der Waals surface area (Å²) in [4.78, 5) is 12.5. The van der Waals surface area contributed by atoms with Gasteiger partial charge in [-0.1, -0.05) is 13.3 Å². The number of nitrogens with one attached hydrogen (secondary N) is 2. The van der Waals surface area contributed by atoms with Crippen LogP contribution in [0.4, 0.5) is 0 Å². The average molecular weight is 331 g/mol. The van der Waals surface area contributed by atoms with Gasteiger partial charge >= 0.3 is 0 Å². The first-order chi connectivity index (χ1) is 11.7. The van der Waals surface area contributed by atoms with E-state index in [9.17, 15) is 4.79 Å². The number of aromatic nitrogens is 4. The van der Waals surface area contributed by atoms with Crippen molar-refractivity contribution in [1.82, 2.24) is 25.3 Å². The van der Waals surface area contributed by atoms with E-state index in [-0.39, 0.29) is 18.1 Å². The molecule has 0 aromatic carbocycles. The number of aryl methyl sites for hydroxylation is 2. The summed E-state index contributed by atoms with van der Waals surface area (Å²) in [5.74, 6) is -0.156. The summed E-state index contributed by atoms with van der Waals surface area (Å²) in [5.41, 5.74) is 2.44. The first-order valence-corrected chi connectivity index (χ1v) is 8.70. The van der Waals surface area contributed by atoms with Gasteiger partial charge in [0, 0.05) is 30.6 Å². The highest BCUT2D eigenvalue weighted by Gasteiger charge is 2.30. The highest BCUT2D eigenvalue weighted by Crippen LogP contribution is 2.28. The number of rotatable bonds is 6. The summed E-state index contributed by atoms with van der Waals surface area (Å²) in [6.45, 7) is 5.67. The molecule has 3 rings (SSSR count). The van der Waals surface area contributed by atoms with E-state index in [0.717, 1.165) is 43.5 Å². The Morgan fingerprint density at radius 3 is 3.12 bits per heavy atom. The fourth-order valence-corrected chi connectivity index (χ4v) is 3.07. The van der Waals surface area contributed by atoms with E-state index in [1.165, 1.54) is 0 Å². The van der Waals surface area contributed by atoms with Crippen LogP contribution >= 0.6 is 0 Å². The zero-order valence-electron chi connectivity index (χ0n) is 14.3. The number of hydrogen-bond acceptors (Lipinski definition) is 4. The topological polar surface area (TPSA) is 84.8 Å². The van der Waals surface area contributed by atoms with E-state index >= 15 is 0 Å². The number of carbonyl (C=O) groups excluding carboxylic acids is 1. The third kappa shape index (κ3) is 3.67. The summed E-state index contributed by atoms with van der Waals surface area (Å²) >= 11 is 0. The molecule has 0 bridgehead atoms. The predicted molar refractivity (Wildman–Crippen MR) is 89.7 cm³/mol. The van der Waals surface area contributed by atoms with Gasteiger partial charge in [0.05, 0.1) is 12.2 Å². The molecular weight excluding hydrogens is 306 g/mol. The van der Waals surface area contributed by atoms with E-state index in [1.54, 1.807) is 0 Å². The lowest BCUT2D eigenvalue weighted by Crippen LogP contribution is -2.42. The molecule has 0 aliphatic carbocycles. The Morgan fingerprint density at radius 2 is 2.38 bits per heavy atom. The number of carbonyl (C=O) groups is 1. The van der Waals surface area contributed by atoms with Gasteiger partial charge in [-0.25, -0.2) is 0 Å². The van der Waals surface area contributed by atoms with Crippen LogP contribution in [0.25, 0.3) is 0 Å². The highest BCUT2D eigenvalue weighted by atomic mass is 16.5. The van der Waals surface area contributed by atoms with E-state index < -0.39 is 0 Å². The number of nitrogens with zero attached hydrogens (tertiary/aromatic N) is 3. The summed E-state index contributed by atoms with van der Waals surface area (Å²) < 4.78 is 7.79. The van der Waals surface area contributed by atoms with Gasteiger partial charge in [-0.05, 0) is 32.3 Å². The molecule has 1 aliphatic rings. The van der Waals surface area contributed by atoms with Crippen LogP contribution in [-0.2, 0) is 17.7 Å². The number of hydrogen-bond donors (Lipinski definition) is 2. The van der Waals surface area contributed by atoms with Crippen LogP contribution in [0.5, 0.6) is 0 Å². The number of ether oxygens (including phenoxy) is 1. The largest absolute Gasteiger partial charge is 0.371 e. The Balaban J connectivity index is 1.69. The average Bonchev–Trinajstić information content (AvgIpc) is 3.25. The molecule has 1 aliphatic heterocycles. The van der Waals surface area contributed by atoms with Crippen molar-refractivity contribution in [2.45, 2.75) is 58.2 Å². The number of amides is 1. The van der Waals surface area contributed by atoms with Crippen molar-refractivity contribution in [3.8, 4) is 0 Å². The fraction of sp³-hybridized carbons (Fsp3) is 0.588. The van der Waals surface area contributed by atoms with Gasteiger partial charge in [-0.3, -0.25) is 14.6 Å². The van der Waals surface area contributed by atoms with Crippen molar-refractivity contribution in [2.75, 3.05) is 6.61 Å². The monoisotopic (exact) mass is 331 g/mol. The minimum absolute atomic E-state index is 0.0629. The summed E-state index contributed by atoms with van der Waals surface area (Å²) in [5, 5.41) is 14.4. The lowest BCUT2D eigenvalue weighted by molar-refractivity contribution is -0.00956. The molecule has 130 valence electrons. The first-order valence-electron chi connectivity index (χ1n) is 8.70. The summed E-state index contributed by atoms with van der Waals surface area (Å²) in [7, 11) is 0. The lowest BCUT2D eigenvalue weighted by atomic mass is 9.98. The van der Waals surface area contributed by atoms with Gasteiger partial charge in [-0.2, -0.15) is 10.2 Å². The Kier molecular flexibility index (Phi) is 5.30. The van der Waals surface area contributed by atoms with Gasteiger partial charge in [0.1, 0.15) is 11.8 Å². The zero-order chi connectivity index (χ0) is 16.9. The van der Waals surface area contributed by atoms with Crippen molar-refractivity contribution in [2.24, 2.45) is 0 Å². The highest BCUT2D eigenvalue weighted by molar-refractivity contribution is 5.92. The predicted octanol–water partition coefficient (Wildman–Crippen LogP) is 2.23. The van der Waals surface area contributed by atoms with Crippen LogP contribution < -0.4 is 5.32 Å². The van der Waals surface area contributed by atoms with E-state index in [2.05, 4.69) is 27.5 Å². The molecule has 3 heterocycles. The van der Waals surface area contributed by atoms with Gasteiger partial charge in [-0.15, -0.1) is 0 Å². The Hall–Kier alpha value is -2.15. The van der Waals surface area contributed by atoms with Crippen molar-refractivity contribution in [3.05, 3.63) is 35.4 Å². The minimum atomic E-state index is -0.156. The van der Waals surface area contributed by atoms with Crippen LogP contribution in [0, 0.1) is 0 Å². The molecular formula is C17H25N5O2. The Labute approximate surface area is 141 Å². The van der Waals surface area contributed by atoms with Crippen LogP contribution in [-0.4, -0.2) is 38.5 Å². The first kappa shape index (κ1) is 16.7. The van der Waals surface area contributed by atoms with Crippen LogP contribution in [0.15, 0.2) is 18.5 Å². The second kappa shape index (κ2) is 7.61. The standard InChI is InChI=1S/C17H25N5O2/c1-3-6-13-9-15(21-20-13)17(23)19-14-7-5-8-24-16(14)12-10-18-22(4-2)11-12/h9-11,14,16H,3-8H2,1-2H3,(H,19,23)(H,20,21)/t14-,16+/m0/s1. The second-order valence-electron chi connectivity index (χ2n) is 6.17. The van der Waals surface area contributed by atoms with Crippen LogP contribution in [0.2, 0.25) is 0 Å². The molecule has 0 saturated carbocycles. The molecule has 2 aromatic rings. The molecule has 0 spiro atoms. The number of H-pyrrole nitrogens is 1. The third-order valence-corrected chi connectivity index (χ3v) is 4.33. The molecule has 1 fully saturated rings. The molecule has 1 saturated heterocycles. The molecule has 7 nitrogen and oxygen atoms in total. The second-order valence-corrected chi connectivity index (χ2v) is 6.17. The quantitative estimate of drug-likeness (QED) is 0.850. The molecule has 2 atom stereocenters. The van der Waals surface area contributed by atoms with Crippen molar-refractivity contribution < 1.29 is 9.53 Å². The lowest BCUT2D eigenvalue weighted by Gasteiger charge is -2.31. The maximum atomic E-state index is 12.5. The smallest absolute Gasteiger partial charge is 0.272 e. The third-order valence-electron chi connectivity index (χ3n) is 4.33. The van der Waals surface area contributed by atoms with Crippen molar-refractivity contribution >= 4 is 5.91 Å². The summed E-state index contributed by atoms with van der Waals surface area (Å²) in [6, 6.07) is 1.76. The van der Waals surface area contributed by atoms with Gasteiger partial charge in [0.2, 0.25) is 0 Å². The van der Waals surface area contributed by atoms with Crippen LogP contribution in [0.3, 0.4) is 0 Å². The van der Waals surface area contributed by atoms with Gasteiger partial charge in [0.15, 0.2) is 0 Å². The van der Waals surface area contributed by atoms with E-state index in [4.69, 9.17) is 4.74 Å². The SMILES string of the molecule is CCCc1cc(C(=O)N[C@H]2CCCO[C@@H]2c2cnn(CC)c2)n[nH]1. The normalized spacial score (nSPS) is 20.9. The molecule has 24 heavy (non-hydrogen) atoms. The van der Waals surface area contributed by atoms with E-state index in [0.29, 0.717) is 12.3 Å². The van der Waals surface area contributed by atoms with E-state index in [1.807, 2.05) is 30.1 Å². The van der Waals surface area contributed by atoms with Gasteiger partial charge < -0.3 is 10.1 Å².